The van der Waals surface area contributed by atoms with Crippen LogP contribution in [0.4, 0.5) is 0 Å². The van der Waals surface area contributed by atoms with Crippen LogP contribution in [0, 0.1) is 5.92 Å². The largest absolute Gasteiger partial charge is 0.494 e. The van der Waals surface area contributed by atoms with Crippen LogP contribution in [-0.4, -0.2) is 12.1 Å². The van der Waals surface area contributed by atoms with Gasteiger partial charge in [-0.15, -0.1) is 0 Å². The lowest BCUT2D eigenvalue weighted by molar-refractivity contribution is 0.184. The molecule has 1 fully saturated rings. The van der Waals surface area contributed by atoms with E-state index in [9.17, 15) is 0 Å². The normalized spacial score (nSPS) is 28.9. The SMILES string of the molecule is CC1CCCC(N)(CCOc2ccccc2)C1. The second-order valence-corrected chi connectivity index (χ2v) is 5.48. The van der Waals surface area contributed by atoms with E-state index in [2.05, 4.69) is 6.92 Å². The molecule has 1 aromatic rings. The Morgan fingerprint density at radius 1 is 1.35 bits per heavy atom. The van der Waals surface area contributed by atoms with Crippen LogP contribution < -0.4 is 10.5 Å². The van der Waals surface area contributed by atoms with Gasteiger partial charge in [0.05, 0.1) is 6.61 Å². The molecule has 0 saturated heterocycles. The Balaban J connectivity index is 1.78. The zero-order valence-corrected chi connectivity index (χ0v) is 10.7. The Hall–Kier alpha value is -1.02. The van der Waals surface area contributed by atoms with Crippen LogP contribution in [0.15, 0.2) is 30.3 Å². The fourth-order valence-corrected chi connectivity index (χ4v) is 2.82. The molecule has 2 heteroatoms. The lowest BCUT2D eigenvalue weighted by atomic mass is 9.75. The fraction of sp³-hybridized carbons (Fsp3) is 0.600. The number of benzene rings is 1. The van der Waals surface area contributed by atoms with Crippen molar-refractivity contribution in [3.05, 3.63) is 30.3 Å². The first-order valence-corrected chi connectivity index (χ1v) is 6.65. The molecule has 1 aliphatic carbocycles. The standard InChI is InChI=1S/C15H23NO/c1-13-6-5-9-15(16,12-13)10-11-17-14-7-3-2-4-8-14/h2-4,7-8,13H,5-6,9-12,16H2,1H3. The van der Waals surface area contributed by atoms with Crippen LogP contribution in [0.25, 0.3) is 0 Å². The molecule has 2 rings (SSSR count). The third-order valence-electron chi connectivity index (χ3n) is 3.74. The average molecular weight is 233 g/mol. The molecule has 94 valence electrons. The number of nitrogens with two attached hydrogens (primary N) is 1. The van der Waals surface area contributed by atoms with Crippen LogP contribution in [0.3, 0.4) is 0 Å². The zero-order valence-electron chi connectivity index (χ0n) is 10.7. The Kier molecular flexibility index (Phi) is 4.06. The second kappa shape index (κ2) is 5.54. The molecule has 2 N–H and O–H groups in total. The summed E-state index contributed by atoms with van der Waals surface area (Å²) in [7, 11) is 0. The van der Waals surface area contributed by atoms with E-state index < -0.39 is 0 Å². The smallest absolute Gasteiger partial charge is 0.119 e. The minimum atomic E-state index is 0.00640. The summed E-state index contributed by atoms with van der Waals surface area (Å²) in [5.41, 5.74) is 6.44. The maximum atomic E-state index is 6.43. The van der Waals surface area contributed by atoms with Gasteiger partial charge in [0.1, 0.15) is 5.75 Å². The Labute approximate surface area is 104 Å². The molecule has 2 unspecified atom stereocenters. The van der Waals surface area contributed by atoms with Crippen LogP contribution >= 0.6 is 0 Å². The predicted molar refractivity (Wildman–Crippen MR) is 71.1 cm³/mol. The second-order valence-electron chi connectivity index (χ2n) is 5.48. The van der Waals surface area contributed by atoms with E-state index in [1.807, 2.05) is 30.3 Å². The van der Waals surface area contributed by atoms with Crippen molar-refractivity contribution in [2.75, 3.05) is 6.61 Å². The molecule has 0 radical (unpaired) electrons. The third kappa shape index (κ3) is 3.74. The van der Waals surface area contributed by atoms with E-state index >= 15 is 0 Å². The highest BCUT2D eigenvalue weighted by Gasteiger charge is 2.30. The maximum absolute atomic E-state index is 6.43. The topological polar surface area (TPSA) is 35.2 Å². The van der Waals surface area contributed by atoms with Gasteiger partial charge in [0, 0.05) is 5.54 Å². The molecule has 2 atom stereocenters. The van der Waals surface area contributed by atoms with Gasteiger partial charge in [-0.3, -0.25) is 0 Å². The molecule has 1 aromatic carbocycles. The molecule has 1 aliphatic rings. The number of ether oxygens (including phenoxy) is 1. The number of hydrogen-bond donors (Lipinski definition) is 1. The van der Waals surface area contributed by atoms with Gasteiger partial charge in [0.2, 0.25) is 0 Å². The molecular weight excluding hydrogens is 210 g/mol. The van der Waals surface area contributed by atoms with Gasteiger partial charge in [0.25, 0.3) is 0 Å². The van der Waals surface area contributed by atoms with E-state index in [4.69, 9.17) is 10.5 Å². The Morgan fingerprint density at radius 3 is 2.82 bits per heavy atom. The van der Waals surface area contributed by atoms with E-state index in [0.717, 1.165) is 37.5 Å². The highest BCUT2D eigenvalue weighted by molar-refractivity contribution is 5.20. The summed E-state index contributed by atoms with van der Waals surface area (Å²) in [4.78, 5) is 0. The van der Waals surface area contributed by atoms with E-state index in [-0.39, 0.29) is 5.54 Å². The van der Waals surface area contributed by atoms with Gasteiger partial charge >= 0.3 is 0 Å². The summed E-state index contributed by atoms with van der Waals surface area (Å²) in [5, 5.41) is 0. The van der Waals surface area contributed by atoms with E-state index in [1.165, 1.54) is 12.8 Å². The number of para-hydroxylation sites is 1. The molecule has 0 aromatic heterocycles. The molecule has 0 amide bonds. The van der Waals surface area contributed by atoms with Gasteiger partial charge in [-0.1, -0.05) is 38.0 Å². The van der Waals surface area contributed by atoms with Gasteiger partial charge in [-0.2, -0.15) is 0 Å². The summed E-state index contributed by atoms with van der Waals surface area (Å²) < 4.78 is 5.73. The first-order valence-electron chi connectivity index (χ1n) is 6.65. The predicted octanol–water partition coefficient (Wildman–Crippen LogP) is 3.36. The van der Waals surface area contributed by atoms with Crippen molar-refractivity contribution in [3.63, 3.8) is 0 Å². The van der Waals surface area contributed by atoms with Crippen molar-refractivity contribution in [3.8, 4) is 5.75 Å². The third-order valence-corrected chi connectivity index (χ3v) is 3.74. The molecule has 2 nitrogen and oxygen atoms in total. The van der Waals surface area contributed by atoms with E-state index in [1.54, 1.807) is 0 Å². The van der Waals surface area contributed by atoms with Gasteiger partial charge < -0.3 is 10.5 Å². The summed E-state index contributed by atoms with van der Waals surface area (Å²) in [6.07, 6.45) is 5.86. The number of hydrogen-bond acceptors (Lipinski definition) is 2. The minimum Gasteiger partial charge on any atom is -0.494 e. The molecular formula is C15H23NO. The summed E-state index contributed by atoms with van der Waals surface area (Å²) in [6, 6.07) is 9.98. The minimum absolute atomic E-state index is 0.00640. The summed E-state index contributed by atoms with van der Waals surface area (Å²) >= 11 is 0. The lowest BCUT2D eigenvalue weighted by Gasteiger charge is -2.36. The van der Waals surface area contributed by atoms with Crippen molar-refractivity contribution >= 4 is 0 Å². The first-order chi connectivity index (χ1) is 8.18. The highest BCUT2D eigenvalue weighted by atomic mass is 16.5. The van der Waals surface area contributed by atoms with Crippen molar-refractivity contribution in [2.45, 2.75) is 44.6 Å². The monoisotopic (exact) mass is 233 g/mol. The molecule has 1 saturated carbocycles. The van der Waals surface area contributed by atoms with Crippen LogP contribution in [-0.2, 0) is 0 Å². The molecule has 0 heterocycles. The molecule has 0 spiro atoms. The first kappa shape index (κ1) is 12.4. The van der Waals surface area contributed by atoms with Gasteiger partial charge in [0.15, 0.2) is 0 Å². The Bertz CT molecular complexity index is 338. The lowest BCUT2D eigenvalue weighted by Crippen LogP contribution is -2.45. The molecule has 17 heavy (non-hydrogen) atoms. The van der Waals surface area contributed by atoms with Crippen molar-refractivity contribution in [2.24, 2.45) is 11.7 Å². The average Bonchev–Trinajstić information content (AvgIpc) is 2.30. The van der Waals surface area contributed by atoms with Crippen molar-refractivity contribution < 1.29 is 4.74 Å². The van der Waals surface area contributed by atoms with Crippen molar-refractivity contribution in [1.29, 1.82) is 0 Å². The summed E-state index contributed by atoms with van der Waals surface area (Å²) in [5.74, 6) is 1.71. The molecule has 0 bridgehead atoms. The highest BCUT2D eigenvalue weighted by Crippen LogP contribution is 2.32. The Morgan fingerprint density at radius 2 is 2.12 bits per heavy atom. The van der Waals surface area contributed by atoms with Gasteiger partial charge in [-0.05, 0) is 37.3 Å². The van der Waals surface area contributed by atoms with Crippen LogP contribution in [0.2, 0.25) is 0 Å². The fourth-order valence-electron chi connectivity index (χ4n) is 2.82. The quantitative estimate of drug-likeness (QED) is 0.865. The number of rotatable bonds is 4. The zero-order chi connectivity index (χ0) is 12.1. The maximum Gasteiger partial charge on any atom is 0.119 e. The summed E-state index contributed by atoms with van der Waals surface area (Å²) in [6.45, 7) is 3.03. The van der Waals surface area contributed by atoms with Crippen LogP contribution in [0.5, 0.6) is 5.75 Å². The van der Waals surface area contributed by atoms with Gasteiger partial charge in [-0.25, -0.2) is 0 Å². The molecule has 0 aliphatic heterocycles. The van der Waals surface area contributed by atoms with Crippen LogP contribution in [0.1, 0.15) is 39.0 Å². The van der Waals surface area contributed by atoms with Crippen molar-refractivity contribution in [1.82, 2.24) is 0 Å². The van der Waals surface area contributed by atoms with E-state index in [0.29, 0.717) is 0 Å².